The first-order valence-electron chi connectivity index (χ1n) is 2.93. The van der Waals surface area contributed by atoms with Crippen molar-refractivity contribution in [3.63, 3.8) is 0 Å². The SMILES string of the molecule is CC1C(O)CCS1(=O)=O. The highest BCUT2D eigenvalue weighted by molar-refractivity contribution is 7.92. The Bertz CT molecular complexity index is 194. The molecule has 0 aromatic heterocycles. The Morgan fingerprint density at radius 1 is 1.56 bits per heavy atom. The van der Waals surface area contributed by atoms with Crippen LogP contribution in [0.1, 0.15) is 13.3 Å². The summed E-state index contributed by atoms with van der Waals surface area (Å²) < 4.78 is 21.6. The standard InChI is InChI=1S/C5H10O3S/c1-4-5(6)2-3-9(4,7)8/h4-6H,2-3H2,1H3. The topological polar surface area (TPSA) is 54.4 Å². The summed E-state index contributed by atoms with van der Waals surface area (Å²) in [6.45, 7) is 1.55. The molecule has 2 unspecified atom stereocenters. The van der Waals surface area contributed by atoms with E-state index >= 15 is 0 Å². The average Bonchev–Trinajstić information content (AvgIpc) is 1.97. The molecule has 0 bridgehead atoms. The first kappa shape index (κ1) is 7.02. The van der Waals surface area contributed by atoms with Crippen LogP contribution < -0.4 is 0 Å². The molecular formula is C5H10O3S. The van der Waals surface area contributed by atoms with Gasteiger partial charge in [0.05, 0.1) is 17.1 Å². The third-order valence-electron chi connectivity index (χ3n) is 1.81. The molecule has 1 rings (SSSR count). The highest BCUT2D eigenvalue weighted by Crippen LogP contribution is 2.19. The van der Waals surface area contributed by atoms with E-state index in [-0.39, 0.29) is 5.75 Å². The van der Waals surface area contributed by atoms with Gasteiger partial charge in [-0.1, -0.05) is 0 Å². The molecule has 0 saturated carbocycles. The molecule has 0 radical (unpaired) electrons. The fourth-order valence-electron chi connectivity index (χ4n) is 0.945. The molecule has 3 nitrogen and oxygen atoms in total. The monoisotopic (exact) mass is 150 g/mol. The van der Waals surface area contributed by atoms with Crippen LogP contribution in [-0.2, 0) is 9.84 Å². The van der Waals surface area contributed by atoms with Crippen LogP contribution in [0.4, 0.5) is 0 Å². The van der Waals surface area contributed by atoms with E-state index in [4.69, 9.17) is 5.11 Å². The number of aliphatic hydroxyl groups is 1. The van der Waals surface area contributed by atoms with Crippen molar-refractivity contribution < 1.29 is 13.5 Å². The van der Waals surface area contributed by atoms with Gasteiger partial charge in [0.2, 0.25) is 0 Å². The third kappa shape index (κ3) is 1.09. The molecule has 0 spiro atoms. The van der Waals surface area contributed by atoms with E-state index < -0.39 is 21.2 Å². The average molecular weight is 150 g/mol. The molecular weight excluding hydrogens is 140 g/mol. The quantitative estimate of drug-likeness (QED) is 0.509. The van der Waals surface area contributed by atoms with Crippen molar-refractivity contribution in [2.24, 2.45) is 0 Å². The minimum Gasteiger partial charge on any atom is -0.392 e. The maximum Gasteiger partial charge on any atom is 0.155 e. The molecule has 54 valence electrons. The van der Waals surface area contributed by atoms with Gasteiger partial charge in [-0.15, -0.1) is 0 Å². The molecule has 2 atom stereocenters. The summed E-state index contributed by atoms with van der Waals surface area (Å²) >= 11 is 0. The predicted octanol–water partition coefficient (Wildman–Crippen LogP) is -0.446. The summed E-state index contributed by atoms with van der Waals surface area (Å²) in [7, 11) is -2.92. The highest BCUT2D eigenvalue weighted by Gasteiger charge is 2.34. The molecule has 4 heteroatoms. The van der Waals surface area contributed by atoms with Crippen molar-refractivity contribution >= 4 is 9.84 Å². The lowest BCUT2D eigenvalue weighted by atomic mass is 10.2. The summed E-state index contributed by atoms with van der Waals surface area (Å²) in [6.07, 6.45) is -0.223. The van der Waals surface area contributed by atoms with Gasteiger partial charge in [0.15, 0.2) is 9.84 Å². The number of hydrogen-bond acceptors (Lipinski definition) is 3. The molecule has 0 aromatic carbocycles. The molecule has 0 amide bonds. The van der Waals surface area contributed by atoms with Gasteiger partial charge in [0.25, 0.3) is 0 Å². The molecule has 1 N–H and O–H groups in total. The Morgan fingerprint density at radius 3 is 2.22 bits per heavy atom. The third-order valence-corrected chi connectivity index (χ3v) is 4.06. The van der Waals surface area contributed by atoms with E-state index in [1.807, 2.05) is 0 Å². The lowest BCUT2D eigenvalue weighted by Gasteiger charge is -2.04. The van der Waals surface area contributed by atoms with Gasteiger partial charge in [0.1, 0.15) is 0 Å². The van der Waals surface area contributed by atoms with Gasteiger partial charge in [-0.25, -0.2) is 8.42 Å². The van der Waals surface area contributed by atoms with Crippen molar-refractivity contribution in [3.8, 4) is 0 Å². The lowest BCUT2D eigenvalue weighted by Crippen LogP contribution is -2.21. The largest absolute Gasteiger partial charge is 0.392 e. The Hall–Kier alpha value is -0.0900. The second-order valence-electron chi connectivity index (χ2n) is 2.43. The van der Waals surface area contributed by atoms with Crippen LogP contribution in [0.3, 0.4) is 0 Å². The molecule has 1 fully saturated rings. The van der Waals surface area contributed by atoms with Gasteiger partial charge in [-0.2, -0.15) is 0 Å². The minimum absolute atomic E-state index is 0.148. The molecule has 1 saturated heterocycles. The van der Waals surface area contributed by atoms with Gasteiger partial charge in [-0.3, -0.25) is 0 Å². The zero-order chi connectivity index (χ0) is 7.07. The molecule has 0 aliphatic carbocycles. The molecule has 0 aromatic rings. The zero-order valence-corrected chi connectivity index (χ0v) is 6.06. The van der Waals surface area contributed by atoms with Crippen LogP contribution in [0.25, 0.3) is 0 Å². The highest BCUT2D eigenvalue weighted by atomic mass is 32.2. The fraction of sp³-hybridized carbons (Fsp3) is 1.00. The predicted molar refractivity (Wildman–Crippen MR) is 33.9 cm³/mol. The summed E-state index contributed by atoms with van der Waals surface area (Å²) in [4.78, 5) is 0. The van der Waals surface area contributed by atoms with Crippen molar-refractivity contribution in [2.75, 3.05) is 5.75 Å². The minimum atomic E-state index is -2.92. The van der Waals surface area contributed by atoms with E-state index in [1.54, 1.807) is 6.92 Å². The normalized spacial score (nSPS) is 41.1. The van der Waals surface area contributed by atoms with Crippen molar-refractivity contribution in [1.29, 1.82) is 0 Å². The zero-order valence-electron chi connectivity index (χ0n) is 5.24. The van der Waals surface area contributed by atoms with Gasteiger partial charge in [0, 0.05) is 0 Å². The summed E-state index contributed by atoms with van der Waals surface area (Å²) in [6, 6.07) is 0. The molecule has 1 aliphatic heterocycles. The van der Waals surface area contributed by atoms with Gasteiger partial charge < -0.3 is 5.11 Å². The van der Waals surface area contributed by atoms with Crippen molar-refractivity contribution in [3.05, 3.63) is 0 Å². The number of rotatable bonds is 0. The van der Waals surface area contributed by atoms with Crippen LogP contribution in [0.15, 0.2) is 0 Å². The van der Waals surface area contributed by atoms with Crippen LogP contribution in [0.2, 0.25) is 0 Å². The molecule has 1 heterocycles. The maximum absolute atomic E-state index is 10.8. The van der Waals surface area contributed by atoms with E-state index in [0.29, 0.717) is 6.42 Å². The Balaban J connectivity index is 2.87. The first-order valence-corrected chi connectivity index (χ1v) is 4.65. The van der Waals surface area contributed by atoms with Gasteiger partial charge >= 0.3 is 0 Å². The van der Waals surface area contributed by atoms with E-state index in [9.17, 15) is 8.42 Å². The van der Waals surface area contributed by atoms with E-state index in [0.717, 1.165) is 0 Å². The number of sulfone groups is 1. The first-order chi connectivity index (χ1) is 4.04. The smallest absolute Gasteiger partial charge is 0.155 e. The Labute approximate surface area is 54.6 Å². The van der Waals surface area contributed by atoms with Crippen LogP contribution in [-0.4, -0.2) is 30.6 Å². The van der Waals surface area contributed by atoms with Crippen molar-refractivity contribution in [1.82, 2.24) is 0 Å². The van der Waals surface area contributed by atoms with Crippen molar-refractivity contribution in [2.45, 2.75) is 24.7 Å². The Morgan fingerprint density at radius 2 is 2.11 bits per heavy atom. The summed E-state index contributed by atoms with van der Waals surface area (Å²) in [5.41, 5.74) is 0. The van der Waals surface area contributed by atoms with E-state index in [1.165, 1.54) is 0 Å². The second kappa shape index (κ2) is 1.95. The Kier molecular flexibility index (Phi) is 1.52. The molecule has 9 heavy (non-hydrogen) atoms. The number of aliphatic hydroxyl groups excluding tert-OH is 1. The molecule has 1 aliphatic rings. The van der Waals surface area contributed by atoms with E-state index in [2.05, 4.69) is 0 Å². The summed E-state index contributed by atoms with van der Waals surface area (Å²) in [5, 5.41) is 8.41. The maximum atomic E-state index is 10.8. The lowest BCUT2D eigenvalue weighted by molar-refractivity contribution is 0.179. The number of hydrogen-bond donors (Lipinski definition) is 1. The second-order valence-corrected chi connectivity index (χ2v) is 4.91. The van der Waals surface area contributed by atoms with Crippen LogP contribution in [0, 0.1) is 0 Å². The van der Waals surface area contributed by atoms with Gasteiger partial charge in [-0.05, 0) is 13.3 Å². The summed E-state index contributed by atoms with van der Waals surface area (Å²) in [5.74, 6) is 0.148. The van der Waals surface area contributed by atoms with Crippen LogP contribution in [0.5, 0.6) is 0 Å². The fourth-order valence-corrected chi connectivity index (χ4v) is 2.50. The van der Waals surface area contributed by atoms with Crippen LogP contribution >= 0.6 is 0 Å².